The van der Waals surface area contributed by atoms with Gasteiger partial charge < -0.3 is 15.5 Å². The van der Waals surface area contributed by atoms with E-state index in [9.17, 15) is 9.59 Å². The van der Waals surface area contributed by atoms with E-state index in [4.69, 9.17) is 10.2 Å². The number of hydrogen-bond donors (Lipinski definition) is 3. The number of aryl methyl sites for hydroxylation is 1. The molecule has 1 aromatic rings. The van der Waals surface area contributed by atoms with Gasteiger partial charge in [0.05, 0.1) is 0 Å². The molecule has 1 aromatic heterocycles. The Labute approximate surface area is 109 Å². The van der Waals surface area contributed by atoms with Gasteiger partial charge in [-0.05, 0) is 24.3 Å². The number of carboxylic acid groups (broad SMARTS) is 1. The zero-order valence-corrected chi connectivity index (χ0v) is 10.8. The molecule has 1 atom stereocenters. The first-order valence-corrected chi connectivity index (χ1v) is 6.67. The maximum absolute atomic E-state index is 11.5. The monoisotopic (exact) mass is 271 g/mol. The third kappa shape index (κ3) is 5.29. The summed E-state index contributed by atoms with van der Waals surface area (Å²) in [7, 11) is 0. The molecule has 0 spiro atoms. The minimum atomic E-state index is -1.12. The number of thiophene rings is 1. The van der Waals surface area contributed by atoms with E-state index in [1.807, 2.05) is 17.5 Å². The number of nitrogens with one attached hydrogen (secondary N) is 1. The van der Waals surface area contributed by atoms with Gasteiger partial charge in [0.1, 0.15) is 6.04 Å². The Morgan fingerprint density at radius 3 is 2.78 bits per heavy atom. The van der Waals surface area contributed by atoms with Crippen molar-refractivity contribution in [1.29, 1.82) is 0 Å². The summed E-state index contributed by atoms with van der Waals surface area (Å²) in [6.45, 7) is -0.257. The van der Waals surface area contributed by atoms with Gasteiger partial charge in [-0.3, -0.25) is 4.79 Å². The van der Waals surface area contributed by atoms with Crippen molar-refractivity contribution >= 4 is 23.2 Å². The predicted molar refractivity (Wildman–Crippen MR) is 68.5 cm³/mol. The van der Waals surface area contributed by atoms with Crippen LogP contribution in [-0.2, 0) is 16.0 Å². The van der Waals surface area contributed by atoms with E-state index in [2.05, 4.69) is 5.32 Å². The summed E-state index contributed by atoms with van der Waals surface area (Å²) in [5, 5.41) is 21.9. The number of carboxylic acids is 1. The highest BCUT2D eigenvalue weighted by atomic mass is 32.1. The molecule has 0 bridgehead atoms. The molecule has 0 fully saturated rings. The first-order chi connectivity index (χ1) is 8.63. The smallest absolute Gasteiger partial charge is 0.326 e. The van der Waals surface area contributed by atoms with E-state index in [1.54, 1.807) is 11.3 Å². The van der Waals surface area contributed by atoms with E-state index < -0.39 is 12.0 Å². The van der Waals surface area contributed by atoms with Gasteiger partial charge in [-0.2, -0.15) is 0 Å². The van der Waals surface area contributed by atoms with Crippen molar-refractivity contribution in [1.82, 2.24) is 5.32 Å². The molecule has 0 unspecified atom stereocenters. The third-order valence-corrected chi connectivity index (χ3v) is 3.39. The van der Waals surface area contributed by atoms with Gasteiger partial charge in [0.25, 0.3) is 0 Å². The van der Waals surface area contributed by atoms with E-state index in [-0.39, 0.29) is 18.9 Å². The van der Waals surface area contributed by atoms with Crippen LogP contribution in [0.1, 0.15) is 24.1 Å². The highest BCUT2D eigenvalue weighted by Crippen LogP contribution is 2.11. The van der Waals surface area contributed by atoms with Crippen molar-refractivity contribution in [3.63, 3.8) is 0 Å². The number of aliphatic hydroxyl groups excluding tert-OH is 1. The van der Waals surface area contributed by atoms with Crippen LogP contribution in [-0.4, -0.2) is 34.7 Å². The fourth-order valence-corrected chi connectivity index (χ4v) is 2.28. The van der Waals surface area contributed by atoms with Crippen molar-refractivity contribution < 1.29 is 19.8 Å². The first kappa shape index (κ1) is 14.7. The number of aliphatic hydroxyl groups is 1. The molecule has 0 saturated carbocycles. The highest BCUT2D eigenvalue weighted by molar-refractivity contribution is 7.09. The standard InChI is InChI=1S/C12H17NO4S/c14-7-6-10(12(16)17)13-11(15)5-1-3-9-4-2-8-18-9/h2,4,8,10,14H,1,3,5-7H2,(H,13,15)(H,16,17)/t10-/m1/s1. The summed E-state index contributed by atoms with van der Waals surface area (Å²) in [5.74, 6) is -1.40. The zero-order chi connectivity index (χ0) is 13.4. The maximum atomic E-state index is 11.5. The van der Waals surface area contributed by atoms with Crippen LogP contribution < -0.4 is 5.32 Å². The number of hydrogen-bond acceptors (Lipinski definition) is 4. The number of amides is 1. The number of aliphatic carboxylic acids is 1. The molecule has 0 aliphatic rings. The Balaban J connectivity index is 2.25. The Morgan fingerprint density at radius 2 is 2.22 bits per heavy atom. The molecule has 0 radical (unpaired) electrons. The van der Waals surface area contributed by atoms with Crippen molar-refractivity contribution in [2.75, 3.05) is 6.61 Å². The van der Waals surface area contributed by atoms with E-state index in [0.29, 0.717) is 12.8 Å². The quantitative estimate of drug-likeness (QED) is 0.659. The fourth-order valence-electron chi connectivity index (χ4n) is 1.53. The van der Waals surface area contributed by atoms with Crippen molar-refractivity contribution in [2.45, 2.75) is 31.7 Å². The van der Waals surface area contributed by atoms with Gasteiger partial charge in [-0.1, -0.05) is 6.07 Å². The van der Waals surface area contributed by atoms with Crippen molar-refractivity contribution in [2.24, 2.45) is 0 Å². The molecule has 1 rings (SSSR count). The SMILES string of the molecule is O=C(CCCc1cccs1)N[C@H](CCO)C(=O)O. The predicted octanol–water partition coefficient (Wildman–Crippen LogP) is 1.02. The normalized spacial score (nSPS) is 12.1. The van der Waals surface area contributed by atoms with Gasteiger partial charge in [0, 0.05) is 24.3 Å². The molecule has 6 heteroatoms. The molecule has 18 heavy (non-hydrogen) atoms. The number of carbonyl (C=O) groups is 2. The number of carbonyl (C=O) groups excluding carboxylic acids is 1. The second-order valence-corrected chi connectivity index (χ2v) is 4.94. The van der Waals surface area contributed by atoms with Crippen molar-refractivity contribution in [3.8, 4) is 0 Å². The molecule has 0 saturated heterocycles. The maximum Gasteiger partial charge on any atom is 0.326 e. The van der Waals surface area contributed by atoms with Crippen LogP contribution in [0.15, 0.2) is 17.5 Å². The summed E-state index contributed by atoms with van der Waals surface area (Å²) in [6, 6.07) is 2.97. The minimum absolute atomic E-state index is 0.0337. The second-order valence-electron chi connectivity index (χ2n) is 3.90. The highest BCUT2D eigenvalue weighted by Gasteiger charge is 2.18. The molecule has 1 heterocycles. The largest absolute Gasteiger partial charge is 0.480 e. The van der Waals surface area contributed by atoms with E-state index in [0.717, 1.165) is 6.42 Å². The summed E-state index contributed by atoms with van der Waals surface area (Å²) in [6.07, 6.45) is 1.85. The third-order valence-electron chi connectivity index (χ3n) is 2.46. The van der Waals surface area contributed by atoms with Gasteiger partial charge in [-0.25, -0.2) is 4.79 Å². The topological polar surface area (TPSA) is 86.6 Å². The Kier molecular flexibility index (Phi) is 6.38. The Morgan fingerprint density at radius 1 is 1.44 bits per heavy atom. The average Bonchev–Trinajstić information content (AvgIpc) is 2.81. The van der Waals surface area contributed by atoms with Crippen molar-refractivity contribution in [3.05, 3.63) is 22.4 Å². The van der Waals surface area contributed by atoms with Crippen LogP contribution in [0.2, 0.25) is 0 Å². The first-order valence-electron chi connectivity index (χ1n) is 5.79. The second kappa shape index (κ2) is 7.84. The summed E-state index contributed by atoms with van der Waals surface area (Å²) >= 11 is 1.64. The van der Waals surface area contributed by atoms with Gasteiger partial charge in [0.15, 0.2) is 0 Å². The van der Waals surface area contributed by atoms with Crippen LogP contribution in [0.4, 0.5) is 0 Å². The average molecular weight is 271 g/mol. The Bertz CT molecular complexity index is 377. The van der Waals surface area contributed by atoms with Crippen LogP contribution in [0.5, 0.6) is 0 Å². The summed E-state index contributed by atoms with van der Waals surface area (Å²) in [5.41, 5.74) is 0. The molecule has 1 amide bonds. The lowest BCUT2D eigenvalue weighted by Crippen LogP contribution is -2.41. The lowest BCUT2D eigenvalue weighted by atomic mass is 10.1. The molecule has 0 aliphatic heterocycles. The van der Waals surface area contributed by atoms with Crippen LogP contribution in [0, 0.1) is 0 Å². The van der Waals surface area contributed by atoms with E-state index >= 15 is 0 Å². The zero-order valence-electron chi connectivity index (χ0n) is 9.96. The van der Waals surface area contributed by atoms with Gasteiger partial charge >= 0.3 is 5.97 Å². The van der Waals surface area contributed by atoms with Gasteiger partial charge in [0.2, 0.25) is 5.91 Å². The molecule has 3 N–H and O–H groups in total. The minimum Gasteiger partial charge on any atom is -0.480 e. The molecule has 0 aromatic carbocycles. The van der Waals surface area contributed by atoms with Crippen LogP contribution >= 0.6 is 11.3 Å². The lowest BCUT2D eigenvalue weighted by molar-refractivity contribution is -0.142. The summed E-state index contributed by atoms with van der Waals surface area (Å²) in [4.78, 5) is 23.5. The fraction of sp³-hybridized carbons (Fsp3) is 0.500. The number of rotatable bonds is 8. The molecule has 0 aliphatic carbocycles. The molecular weight excluding hydrogens is 254 g/mol. The lowest BCUT2D eigenvalue weighted by Gasteiger charge is -2.12. The van der Waals surface area contributed by atoms with Gasteiger partial charge in [-0.15, -0.1) is 11.3 Å². The molecule has 100 valence electrons. The Hall–Kier alpha value is -1.40. The van der Waals surface area contributed by atoms with Crippen LogP contribution in [0.3, 0.4) is 0 Å². The molecule has 5 nitrogen and oxygen atoms in total. The summed E-state index contributed by atoms with van der Waals surface area (Å²) < 4.78 is 0. The van der Waals surface area contributed by atoms with E-state index in [1.165, 1.54) is 4.88 Å². The molecular formula is C12H17NO4S. The van der Waals surface area contributed by atoms with Crippen LogP contribution in [0.25, 0.3) is 0 Å².